The number of esters is 1. The summed E-state index contributed by atoms with van der Waals surface area (Å²) >= 11 is 0. The molecule has 0 bridgehead atoms. The molecule has 0 aliphatic carbocycles. The topological polar surface area (TPSA) is 119 Å². The molecule has 2 amide bonds. The number of hydrogen-bond acceptors (Lipinski definition) is 6. The number of nitrogens with one attached hydrogen (secondary N) is 2. The zero-order chi connectivity index (χ0) is 21.4. The fourth-order valence-corrected chi connectivity index (χ4v) is 3.36. The quantitative estimate of drug-likeness (QED) is 0.513. The number of aryl methyl sites for hydroxylation is 1. The molecule has 0 heterocycles. The second kappa shape index (κ2) is 9.78. The first-order valence-electron chi connectivity index (χ1n) is 8.47. The van der Waals surface area contributed by atoms with Gasteiger partial charge in [0.25, 0.3) is 11.8 Å². The van der Waals surface area contributed by atoms with Crippen molar-refractivity contribution >= 4 is 27.6 Å². The summed E-state index contributed by atoms with van der Waals surface area (Å²) in [7, 11) is -3.65. The highest BCUT2D eigenvalue weighted by Crippen LogP contribution is 2.13. The van der Waals surface area contributed by atoms with E-state index in [2.05, 4.69) is 5.43 Å². The van der Waals surface area contributed by atoms with E-state index in [1.54, 1.807) is 12.1 Å². The molecule has 2 rings (SSSR count). The summed E-state index contributed by atoms with van der Waals surface area (Å²) in [4.78, 5) is 35.1. The van der Waals surface area contributed by atoms with Gasteiger partial charge in [0, 0.05) is 5.56 Å². The maximum Gasteiger partial charge on any atom is 0.307 e. The van der Waals surface area contributed by atoms with Crippen LogP contribution in [0.4, 0.5) is 4.39 Å². The minimum Gasteiger partial charge on any atom is -0.455 e. The molecule has 0 spiro atoms. The monoisotopic (exact) mass is 422 g/mol. The first kappa shape index (κ1) is 22.0. The first-order valence-corrected chi connectivity index (χ1v) is 10.1. The second-order valence-corrected chi connectivity index (χ2v) is 8.16. The van der Waals surface area contributed by atoms with Crippen molar-refractivity contribution in [2.45, 2.75) is 18.2 Å². The van der Waals surface area contributed by atoms with Gasteiger partial charge in [-0.05, 0) is 43.3 Å². The number of halogens is 1. The average Bonchev–Trinajstić information content (AvgIpc) is 2.70. The molecule has 0 unspecified atom stereocenters. The Bertz CT molecular complexity index is 988. The van der Waals surface area contributed by atoms with Crippen molar-refractivity contribution in [1.82, 2.24) is 10.9 Å². The first-order chi connectivity index (χ1) is 13.7. The molecular weight excluding hydrogens is 403 g/mol. The highest BCUT2D eigenvalue weighted by Gasteiger charge is 2.18. The third kappa shape index (κ3) is 7.00. The summed E-state index contributed by atoms with van der Waals surface area (Å²) in [5.41, 5.74) is 5.12. The molecule has 2 aromatic carbocycles. The van der Waals surface area contributed by atoms with Crippen LogP contribution in [0, 0.1) is 12.7 Å². The fourth-order valence-electron chi connectivity index (χ4n) is 2.14. The molecule has 8 nitrogen and oxygen atoms in total. The number of carbonyl (C=O) groups is 3. The third-order valence-electron chi connectivity index (χ3n) is 3.74. The number of benzene rings is 2. The number of rotatable bonds is 7. The molecule has 2 aromatic rings. The van der Waals surface area contributed by atoms with E-state index < -0.39 is 52.2 Å². The maximum absolute atomic E-state index is 12.8. The number of hydrogen-bond donors (Lipinski definition) is 2. The molecule has 10 heteroatoms. The van der Waals surface area contributed by atoms with Crippen molar-refractivity contribution in [3.8, 4) is 0 Å². The lowest BCUT2D eigenvalue weighted by Gasteiger charge is -2.08. The minimum absolute atomic E-state index is 0.0946. The fraction of sp³-hybridized carbons (Fsp3) is 0.211. The Kier molecular flexibility index (Phi) is 7.43. The summed E-state index contributed by atoms with van der Waals surface area (Å²) in [6, 6.07) is 10.8. The number of ether oxygens (including phenoxy) is 1. The lowest BCUT2D eigenvalue weighted by molar-refractivity contribution is -0.148. The predicted molar refractivity (Wildman–Crippen MR) is 101 cm³/mol. The molecule has 0 aromatic heterocycles. The normalized spacial score (nSPS) is 10.8. The van der Waals surface area contributed by atoms with Crippen LogP contribution in [0.3, 0.4) is 0 Å². The van der Waals surface area contributed by atoms with Crippen LogP contribution in [0.25, 0.3) is 0 Å². The zero-order valence-electron chi connectivity index (χ0n) is 15.5. The Balaban J connectivity index is 1.72. The lowest BCUT2D eigenvalue weighted by atomic mass is 10.2. The highest BCUT2D eigenvalue weighted by atomic mass is 32.2. The van der Waals surface area contributed by atoms with E-state index in [0.717, 1.165) is 17.7 Å². The molecule has 0 aliphatic heterocycles. The number of sulfone groups is 1. The third-order valence-corrected chi connectivity index (χ3v) is 5.47. The standard InChI is InChI=1S/C19H19FN2O6S/c1-13-2-8-16(9-3-13)29(26,27)11-10-18(24)28-12-17(23)21-22-19(25)14-4-6-15(20)7-5-14/h2-9H,10-12H2,1H3,(H,21,23)(H,22,25). The summed E-state index contributed by atoms with van der Waals surface area (Å²) < 4.78 is 41.8. The van der Waals surface area contributed by atoms with Crippen LogP contribution in [-0.2, 0) is 24.2 Å². The van der Waals surface area contributed by atoms with Gasteiger partial charge in [0.2, 0.25) is 0 Å². The number of amides is 2. The molecule has 29 heavy (non-hydrogen) atoms. The summed E-state index contributed by atoms with van der Waals surface area (Å²) in [6.45, 7) is 1.12. The Morgan fingerprint density at radius 1 is 0.966 bits per heavy atom. The summed E-state index contributed by atoms with van der Waals surface area (Å²) in [5.74, 6) is -3.36. The molecule has 0 saturated carbocycles. The van der Waals surface area contributed by atoms with E-state index in [0.29, 0.717) is 0 Å². The summed E-state index contributed by atoms with van der Waals surface area (Å²) in [6.07, 6.45) is -0.425. The average molecular weight is 422 g/mol. The van der Waals surface area contributed by atoms with Crippen molar-refractivity contribution in [2.24, 2.45) is 0 Å². The Hall–Kier alpha value is -3.27. The second-order valence-electron chi connectivity index (χ2n) is 6.05. The van der Waals surface area contributed by atoms with Crippen LogP contribution in [0.5, 0.6) is 0 Å². The molecule has 0 aliphatic rings. The van der Waals surface area contributed by atoms with Gasteiger partial charge >= 0.3 is 5.97 Å². The van der Waals surface area contributed by atoms with Gasteiger partial charge in [0.15, 0.2) is 16.4 Å². The molecule has 0 fully saturated rings. The molecule has 0 radical (unpaired) electrons. The van der Waals surface area contributed by atoms with Crippen LogP contribution in [-0.4, -0.2) is 38.6 Å². The van der Waals surface area contributed by atoms with Crippen molar-refractivity contribution in [3.63, 3.8) is 0 Å². The number of hydrazine groups is 1. The molecule has 154 valence electrons. The van der Waals surface area contributed by atoms with Gasteiger partial charge < -0.3 is 4.74 Å². The van der Waals surface area contributed by atoms with Crippen molar-refractivity contribution < 1.29 is 31.9 Å². The summed E-state index contributed by atoms with van der Waals surface area (Å²) in [5, 5.41) is 0. The zero-order valence-corrected chi connectivity index (χ0v) is 16.3. The van der Waals surface area contributed by atoms with E-state index in [9.17, 15) is 27.2 Å². The van der Waals surface area contributed by atoms with Crippen LogP contribution in [0.1, 0.15) is 22.3 Å². The Labute approximate surface area is 167 Å². The highest BCUT2D eigenvalue weighted by molar-refractivity contribution is 7.91. The van der Waals surface area contributed by atoms with Crippen LogP contribution >= 0.6 is 0 Å². The van der Waals surface area contributed by atoms with Gasteiger partial charge in [-0.2, -0.15) is 0 Å². The van der Waals surface area contributed by atoms with E-state index in [4.69, 9.17) is 4.74 Å². The Morgan fingerprint density at radius 3 is 2.21 bits per heavy atom. The van der Waals surface area contributed by atoms with Crippen LogP contribution < -0.4 is 10.9 Å². The predicted octanol–water partition coefficient (Wildman–Crippen LogP) is 1.30. The molecule has 0 saturated heterocycles. The van der Waals surface area contributed by atoms with E-state index in [1.807, 2.05) is 12.3 Å². The smallest absolute Gasteiger partial charge is 0.307 e. The Morgan fingerprint density at radius 2 is 1.59 bits per heavy atom. The lowest BCUT2D eigenvalue weighted by Crippen LogP contribution is -2.43. The van der Waals surface area contributed by atoms with Gasteiger partial charge in [-0.25, -0.2) is 12.8 Å². The maximum atomic E-state index is 12.8. The number of carbonyl (C=O) groups excluding carboxylic acids is 3. The largest absolute Gasteiger partial charge is 0.455 e. The molecular formula is C19H19FN2O6S. The minimum atomic E-state index is -3.65. The van der Waals surface area contributed by atoms with Crippen molar-refractivity contribution in [1.29, 1.82) is 0 Å². The van der Waals surface area contributed by atoms with Crippen molar-refractivity contribution in [2.75, 3.05) is 12.4 Å². The molecule has 2 N–H and O–H groups in total. The van der Waals surface area contributed by atoms with Gasteiger partial charge in [-0.15, -0.1) is 0 Å². The van der Waals surface area contributed by atoms with Crippen molar-refractivity contribution in [3.05, 3.63) is 65.5 Å². The van der Waals surface area contributed by atoms with E-state index in [-0.39, 0.29) is 10.5 Å². The van der Waals surface area contributed by atoms with Gasteiger partial charge in [-0.3, -0.25) is 25.2 Å². The molecule has 0 atom stereocenters. The van der Waals surface area contributed by atoms with Gasteiger partial charge in [-0.1, -0.05) is 17.7 Å². The van der Waals surface area contributed by atoms with Crippen LogP contribution in [0.2, 0.25) is 0 Å². The SMILES string of the molecule is Cc1ccc(S(=O)(=O)CCC(=O)OCC(=O)NNC(=O)c2ccc(F)cc2)cc1. The van der Waals surface area contributed by atoms with Crippen LogP contribution in [0.15, 0.2) is 53.4 Å². The van der Waals surface area contributed by atoms with E-state index in [1.165, 1.54) is 24.3 Å². The van der Waals surface area contributed by atoms with Gasteiger partial charge in [0.05, 0.1) is 17.1 Å². The van der Waals surface area contributed by atoms with Gasteiger partial charge in [0.1, 0.15) is 5.82 Å². The van der Waals surface area contributed by atoms with E-state index >= 15 is 0 Å².